The van der Waals surface area contributed by atoms with Gasteiger partial charge in [-0.15, -0.1) is 5.10 Å². The van der Waals surface area contributed by atoms with Gasteiger partial charge in [0.15, 0.2) is 17.0 Å². The molecule has 3 heterocycles. The van der Waals surface area contributed by atoms with Gasteiger partial charge in [-0.25, -0.2) is 4.79 Å². The van der Waals surface area contributed by atoms with Crippen molar-refractivity contribution < 1.29 is 0 Å². The average molecular weight is 398 g/mol. The minimum Gasteiger partial charge on any atom is -0.279 e. The van der Waals surface area contributed by atoms with E-state index in [-0.39, 0.29) is 0 Å². The first-order valence-electron chi connectivity index (χ1n) is 9.42. The smallest absolute Gasteiger partial charge is 0.279 e. The summed E-state index contributed by atoms with van der Waals surface area (Å²) in [5.74, 6) is 0.998. The molecule has 0 atom stereocenters. The topological polar surface area (TPSA) is 79.1 Å². The van der Waals surface area contributed by atoms with E-state index in [9.17, 15) is 9.59 Å². The summed E-state index contributed by atoms with van der Waals surface area (Å²) < 4.78 is 5.84. The van der Waals surface area contributed by atoms with Crippen molar-refractivity contribution in [3.8, 4) is 5.69 Å². The summed E-state index contributed by atoms with van der Waals surface area (Å²) in [6, 6.07) is 19.4. The quantitative estimate of drug-likeness (QED) is 0.467. The zero-order chi connectivity index (χ0) is 20.8. The molecule has 0 unspecified atom stereocenters. The van der Waals surface area contributed by atoms with E-state index in [4.69, 9.17) is 5.10 Å². The second-order valence-electron chi connectivity index (χ2n) is 6.97. The van der Waals surface area contributed by atoms with Crippen LogP contribution < -0.4 is 11.2 Å². The van der Waals surface area contributed by atoms with Gasteiger partial charge < -0.3 is 0 Å². The lowest BCUT2D eigenvalue weighted by Crippen LogP contribution is -2.37. The van der Waals surface area contributed by atoms with E-state index in [1.54, 1.807) is 16.1 Å². The molecule has 0 spiro atoms. The lowest BCUT2D eigenvalue weighted by atomic mass is 10.2. The highest BCUT2D eigenvalue weighted by molar-refractivity contribution is 5.79. The molecule has 2 aromatic carbocycles. The molecule has 0 bridgehead atoms. The zero-order valence-electron chi connectivity index (χ0n) is 16.4. The maximum absolute atomic E-state index is 13.0. The number of rotatable bonds is 3. The van der Waals surface area contributed by atoms with E-state index in [0.29, 0.717) is 22.8 Å². The van der Waals surface area contributed by atoms with Crippen LogP contribution in [0.5, 0.6) is 0 Å². The van der Waals surface area contributed by atoms with Gasteiger partial charge in [0, 0.05) is 14.1 Å². The molecule has 0 amide bonds. The Labute approximate surface area is 170 Å². The number of benzene rings is 2. The molecule has 0 aliphatic rings. The second kappa shape index (κ2) is 6.70. The van der Waals surface area contributed by atoms with Crippen molar-refractivity contribution >= 4 is 29.1 Å². The van der Waals surface area contributed by atoms with Gasteiger partial charge in [0.05, 0.1) is 5.69 Å². The molecular weight excluding hydrogens is 380 g/mol. The largest absolute Gasteiger partial charge is 0.332 e. The molecule has 0 N–H and O–H groups in total. The van der Waals surface area contributed by atoms with Gasteiger partial charge in [0.1, 0.15) is 0 Å². The minimum atomic E-state index is -0.422. The normalized spacial score (nSPS) is 11.8. The average Bonchev–Trinajstić information content (AvgIpc) is 3.34. The maximum Gasteiger partial charge on any atom is 0.332 e. The van der Waals surface area contributed by atoms with Gasteiger partial charge in [-0.1, -0.05) is 54.6 Å². The van der Waals surface area contributed by atoms with E-state index in [2.05, 4.69) is 4.98 Å². The molecular formula is C22H18N6O2. The van der Waals surface area contributed by atoms with Crippen LogP contribution in [0, 0.1) is 0 Å². The molecule has 5 rings (SSSR count). The van der Waals surface area contributed by atoms with Crippen molar-refractivity contribution in [1.82, 2.24) is 28.3 Å². The third-order valence-corrected chi connectivity index (χ3v) is 5.09. The number of hydrogen-bond acceptors (Lipinski definition) is 4. The molecule has 0 aliphatic heterocycles. The number of aryl methyl sites for hydroxylation is 1. The predicted molar refractivity (Wildman–Crippen MR) is 116 cm³/mol. The standard InChI is InChI=1S/C22H18N6O2/c1-25-19-18(20(29)26(2)22(25)30)27-17(14-13-15-9-5-3-6-10-15)24-28(21(27)23-19)16-11-7-4-8-12-16/h3-14H,1-2H3/b14-13+. The summed E-state index contributed by atoms with van der Waals surface area (Å²) in [7, 11) is 3.07. The third-order valence-electron chi connectivity index (χ3n) is 5.09. The molecule has 0 saturated heterocycles. The van der Waals surface area contributed by atoms with Crippen LogP contribution in [0.25, 0.3) is 34.8 Å². The molecule has 3 aromatic heterocycles. The van der Waals surface area contributed by atoms with Crippen molar-refractivity contribution in [1.29, 1.82) is 0 Å². The van der Waals surface area contributed by atoms with Crippen molar-refractivity contribution in [2.45, 2.75) is 0 Å². The number of fused-ring (bicyclic) bond motifs is 3. The van der Waals surface area contributed by atoms with Gasteiger partial charge in [0.2, 0.25) is 5.78 Å². The molecule has 30 heavy (non-hydrogen) atoms. The highest BCUT2D eigenvalue weighted by atomic mass is 16.2. The first-order chi connectivity index (χ1) is 14.6. The van der Waals surface area contributed by atoms with Crippen molar-refractivity contribution in [3.05, 3.63) is 92.9 Å². The van der Waals surface area contributed by atoms with E-state index in [1.807, 2.05) is 72.8 Å². The van der Waals surface area contributed by atoms with Gasteiger partial charge in [-0.05, 0) is 23.8 Å². The van der Waals surface area contributed by atoms with Gasteiger partial charge in [0.25, 0.3) is 5.56 Å². The Hall–Kier alpha value is -4.20. The lowest BCUT2D eigenvalue weighted by molar-refractivity contribution is 0.707. The molecule has 8 nitrogen and oxygen atoms in total. The molecule has 5 aromatic rings. The fourth-order valence-electron chi connectivity index (χ4n) is 3.52. The molecule has 148 valence electrons. The number of para-hydroxylation sites is 1. The lowest BCUT2D eigenvalue weighted by Gasteiger charge is -2.02. The van der Waals surface area contributed by atoms with Crippen LogP contribution in [0.1, 0.15) is 11.4 Å². The Bertz CT molecular complexity index is 1540. The van der Waals surface area contributed by atoms with Gasteiger partial charge in [-0.3, -0.25) is 18.3 Å². The summed E-state index contributed by atoms with van der Waals surface area (Å²) in [5.41, 5.74) is 1.60. The Balaban J connectivity index is 1.88. The van der Waals surface area contributed by atoms with Crippen molar-refractivity contribution in [2.75, 3.05) is 0 Å². The summed E-state index contributed by atoms with van der Waals surface area (Å²) in [6.45, 7) is 0. The van der Waals surface area contributed by atoms with Crippen molar-refractivity contribution in [2.24, 2.45) is 14.1 Å². The van der Waals surface area contributed by atoms with Gasteiger partial charge >= 0.3 is 5.69 Å². The monoisotopic (exact) mass is 398 g/mol. The predicted octanol–water partition coefficient (Wildman–Crippen LogP) is 2.24. The van der Waals surface area contributed by atoms with E-state index in [0.717, 1.165) is 15.8 Å². The van der Waals surface area contributed by atoms with E-state index in [1.165, 1.54) is 11.6 Å². The van der Waals surface area contributed by atoms with Crippen molar-refractivity contribution in [3.63, 3.8) is 0 Å². The molecule has 0 saturated carbocycles. The van der Waals surface area contributed by atoms with Crippen LogP contribution >= 0.6 is 0 Å². The van der Waals surface area contributed by atoms with E-state index < -0.39 is 11.2 Å². The number of nitrogens with zero attached hydrogens (tertiary/aromatic N) is 6. The Morgan fingerprint density at radius 1 is 0.833 bits per heavy atom. The summed E-state index contributed by atoms with van der Waals surface area (Å²) >= 11 is 0. The second-order valence-corrected chi connectivity index (χ2v) is 6.97. The molecule has 0 radical (unpaired) electrons. The number of aromatic nitrogens is 6. The van der Waals surface area contributed by atoms with Crippen LogP contribution in [0.2, 0.25) is 0 Å². The van der Waals surface area contributed by atoms with Crippen LogP contribution in [0.4, 0.5) is 0 Å². The molecule has 0 fully saturated rings. The fraction of sp³-hybridized carbons (Fsp3) is 0.0909. The van der Waals surface area contributed by atoms with E-state index >= 15 is 0 Å². The SMILES string of the molecule is Cn1c(=O)c2c(nc3n(-c4ccccc4)nc(/C=C/c4ccccc4)n23)n(C)c1=O. The van der Waals surface area contributed by atoms with Crippen LogP contribution in [-0.2, 0) is 14.1 Å². The molecule has 0 aliphatic carbocycles. The Morgan fingerprint density at radius 2 is 1.50 bits per heavy atom. The summed E-state index contributed by atoms with van der Waals surface area (Å²) in [6.07, 6.45) is 3.77. The maximum atomic E-state index is 13.0. The van der Waals surface area contributed by atoms with Crippen LogP contribution in [0.3, 0.4) is 0 Å². The number of imidazole rings is 1. The zero-order valence-corrected chi connectivity index (χ0v) is 16.4. The minimum absolute atomic E-state index is 0.310. The first kappa shape index (κ1) is 17.9. The summed E-state index contributed by atoms with van der Waals surface area (Å²) in [5, 5.41) is 4.70. The Morgan fingerprint density at radius 3 is 2.20 bits per heavy atom. The van der Waals surface area contributed by atoms with Crippen LogP contribution in [0.15, 0.2) is 70.3 Å². The third kappa shape index (κ3) is 2.61. The highest BCUT2D eigenvalue weighted by Gasteiger charge is 2.21. The fourth-order valence-corrected chi connectivity index (χ4v) is 3.52. The Kier molecular flexibility index (Phi) is 3.99. The summed E-state index contributed by atoms with van der Waals surface area (Å²) in [4.78, 5) is 30.0. The molecule has 8 heteroatoms. The highest BCUT2D eigenvalue weighted by Crippen LogP contribution is 2.20. The first-order valence-corrected chi connectivity index (χ1v) is 9.42. The number of hydrogen-bond donors (Lipinski definition) is 0. The van der Waals surface area contributed by atoms with Crippen LogP contribution in [-0.4, -0.2) is 28.3 Å². The van der Waals surface area contributed by atoms with Gasteiger partial charge in [-0.2, -0.15) is 9.67 Å².